The average molecular weight is 293 g/mol. The first-order valence-electron chi connectivity index (χ1n) is 7.25. The maximum Gasteiger partial charge on any atom is 0.335 e. The van der Waals surface area contributed by atoms with Crippen molar-refractivity contribution in [2.75, 3.05) is 12.4 Å². The molecule has 1 unspecified atom stereocenters. The van der Waals surface area contributed by atoms with Gasteiger partial charge in [-0.25, -0.2) is 4.79 Å². The zero-order chi connectivity index (χ0) is 15.8. The second-order valence-corrected chi connectivity index (χ2v) is 4.96. The molecule has 1 rings (SSSR count). The van der Waals surface area contributed by atoms with E-state index < -0.39 is 5.97 Å². The van der Waals surface area contributed by atoms with Gasteiger partial charge in [-0.3, -0.25) is 4.79 Å². The summed E-state index contributed by atoms with van der Waals surface area (Å²) in [5, 5.41) is 11.8. The van der Waals surface area contributed by atoms with E-state index in [1.54, 1.807) is 6.07 Å². The van der Waals surface area contributed by atoms with E-state index in [0.29, 0.717) is 11.4 Å². The molecule has 0 aliphatic rings. The lowest BCUT2D eigenvalue weighted by atomic mass is 9.98. The van der Waals surface area contributed by atoms with Crippen molar-refractivity contribution >= 4 is 17.6 Å². The van der Waals surface area contributed by atoms with Gasteiger partial charge in [0.2, 0.25) is 5.91 Å². The summed E-state index contributed by atoms with van der Waals surface area (Å²) in [6.45, 7) is 4.06. The summed E-state index contributed by atoms with van der Waals surface area (Å²) in [6, 6.07) is 4.42. The molecular formula is C16H23NO4. The maximum atomic E-state index is 12.3. The van der Waals surface area contributed by atoms with Gasteiger partial charge in [0.25, 0.3) is 0 Å². The highest BCUT2D eigenvalue weighted by molar-refractivity contribution is 5.96. The fourth-order valence-electron chi connectivity index (χ4n) is 2.14. The largest absolute Gasteiger partial charge is 0.495 e. The average Bonchev–Trinajstić information content (AvgIpc) is 2.47. The number of anilines is 1. The number of aromatic carboxylic acids is 1. The van der Waals surface area contributed by atoms with E-state index in [0.717, 1.165) is 25.7 Å². The van der Waals surface area contributed by atoms with E-state index in [4.69, 9.17) is 9.84 Å². The molecule has 1 amide bonds. The molecule has 5 heteroatoms. The van der Waals surface area contributed by atoms with Crippen LogP contribution in [0.3, 0.4) is 0 Å². The lowest BCUT2D eigenvalue weighted by molar-refractivity contribution is -0.120. The number of unbranched alkanes of at least 4 members (excludes halogenated alkanes) is 1. The van der Waals surface area contributed by atoms with Crippen LogP contribution in [0.2, 0.25) is 0 Å². The number of carbonyl (C=O) groups excluding carboxylic acids is 1. The van der Waals surface area contributed by atoms with Crippen LogP contribution in [0.1, 0.15) is 49.9 Å². The molecular weight excluding hydrogens is 270 g/mol. The Morgan fingerprint density at radius 3 is 2.57 bits per heavy atom. The van der Waals surface area contributed by atoms with Crippen LogP contribution in [-0.2, 0) is 4.79 Å². The standard InChI is InChI=1S/C16H23NO4/c1-4-6-7-11(5-2)15(18)17-13-10-12(16(19)20)8-9-14(13)21-3/h8-11H,4-7H2,1-3H3,(H,17,18)(H,19,20). The highest BCUT2D eigenvalue weighted by Gasteiger charge is 2.18. The smallest absolute Gasteiger partial charge is 0.335 e. The van der Waals surface area contributed by atoms with Crippen molar-refractivity contribution in [1.82, 2.24) is 0 Å². The summed E-state index contributed by atoms with van der Waals surface area (Å²) in [5.74, 6) is -0.736. The quantitative estimate of drug-likeness (QED) is 0.768. The van der Waals surface area contributed by atoms with Crippen LogP contribution < -0.4 is 10.1 Å². The molecule has 0 aliphatic heterocycles. The van der Waals surface area contributed by atoms with E-state index in [9.17, 15) is 9.59 Å². The number of ether oxygens (including phenoxy) is 1. The Kier molecular flexibility index (Phi) is 6.72. The van der Waals surface area contributed by atoms with Gasteiger partial charge in [-0.05, 0) is 31.0 Å². The Balaban J connectivity index is 2.91. The Bertz CT molecular complexity index is 499. The number of carboxylic acids is 1. The van der Waals surface area contributed by atoms with Crippen molar-refractivity contribution < 1.29 is 19.4 Å². The summed E-state index contributed by atoms with van der Waals surface area (Å²) < 4.78 is 5.17. The van der Waals surface area contributed by atoms with Crippen LogP contribution in [0.5, 0.6) is 5.75 Å². The Morgan fingerprint density at radius 1 is 1.33 bits per heavy atom. The summed E-state index contributed by atoms with van der Waals surface area (Å²) in [5.41, 5.74) is 0.519. The second kappa shape index (κ2) is 8.29. The minimum absolute atomic E-state index is 0.0665. The second-order valence-electron chi connectivity index (χ2n) is 4.96. The first kappa shape index (κ1) is 17.0. The SMILES string of the molecule is CCCCC(CC)C(=O)Nc1cc(C(=O)O)ccc1OC. The number of hydrogen-bond donors (Lipinski definition) is 2. The molecule has 0 heterocycles. The van der Waals surface area contributed by atoms with Crippen molar-refractivity contribution in [3.05, 3.63) is 23.8 Å². The predicted octanol–water partition coefficient (Wildman–Crippen LogP) is 3.55. The van der Waals surface area contributed by atoms with Gasteiger partial charge in [0.15, 0.2) is 0 Å². The number of nitrogens with one attached hydrogen (secondary N) is 1. The van der Waals surface area contributed by atoms with Crippen molar-refractivity contribution in [3.63, 3.8) is 0 Å². The van der Waals surface area contributed by atoms with Crippen LogP contribution in [0.4, 0.5) is 5.69 Å². The minimum Gasteiger partial charge on any atom is -0.495 e. The Morgan fingerprint density at radius 2 is 2.05 bits per heavy atom. The van der Waals surface area contributed by atoms with E-state index in [1.807, 2.05) is 6.92 Å². The summed E-state index contributed by atoms with van der Waals surface area (Å²) in [6.07, 6.45) is 3.63. The van der Waals surface area contributed by atoms with Crippen molar-refractivity contribution in [1.29, 1.82) is 0 Å². The fraction of sp³-hybridized carbons (Fsp3) is 0.500. The lowest BCUT2D eigenvalue weighted by Crippen LogP contribution is -2.22. The molecule has 1 aromatic rings. The number of methoxy groups -OCH3 is 1. The Labute approximate surface area is 125 Å². The van der Waals surface area contributed by atoms with Crippen LogP contribution in [0.15, 0.2) is 18.2 Å². The normalized spacial score (nSPS) is 11.8. The van der Waals surface area contributed by atoms with Gasteiger partial charge >= 0.3 is 5.97 Å². The maximum absolute atomic E-state index is 12.3. The van der Waals surface area contributed by atoms with Crippen LogP contribution in [-0.4, -0.2) is 24.1 Å². The van der Waals surface area contributed by atoms with Crippen LogP contribution >= 0.6 is 0 Å². The van der Waals surface area contributed by atoms with Gasteiger partial charge in [0.1, 0.15) is 5.75 Å². The number of hydrogen-bond acceptors (Lipinski definition) is 3. The van der Waals surface area contributed by atoms with Crippen molar-refractivity contribution in [2.24, 2.45) is 5.92 Å². The molecule has 0 saturated carbocycles. The highest BCUT2D eigenvalue weighted by atomic mass is 16.5. The zero-order valence-electron chi connectivity index (χ0n) is 12.8. The molecule has 116 valence electrons. The zero-order valence-corrected chi connectivity index (χ0v) is 12.8. The molecule has 0 aliphatic carbocycles. The number of rotatable bonds is 8. The minimum atomic E-state index is -1.04. The molecule has 0 bridgehead atoms. The molecule has 0 aromatic heterocycles. The van der Waals surface area contributed by atoms with Gasteiger partial charge in [0, 0.05) is 5.92 Å². The van der Waals surface area contributed by atoms with Crippen LogP contribution in [0, 0.1) is 5.92 Å². The first-order valence-corrected chi connectivity index (χ1v) is 7.25. The third-order valence-corrected chi connectivity index (χ3v) is 3.47. The van der Waals surface area contributed by atoms with Gasteiger partial charge in [-0.1, -0.05) is 26.7 Å². The summed E-state index contributed by atoms with van der Waals surface area (Å²) in [4.78, 5) is 23.3. The monoisotopic (exact) mass is 293 g/mol. The van der Waals surface area contributed by atoms with Gasteiger partial charge in [-0.15, -0.1) is 0 Å². The molecule has 1 aromatic carbocycles. The predicted molar refractivity (Wildman–Crippen MR) is 81.9 cm³/mol. The van der Waals surface area contributed by atoms with Crippen molar-refractivity contribution in [2.45, 2.75) is 39.5 Å². The van der Waals surface area contributed by atoms with Crippen molar-refractivity contribution in [3.8, 4) is 5.75 Å². The molecule has 21 heavy (non-hydrogen) atoms. The third-order valence-electron chi connectivity index (χ3n) is 3.47. The van der Waals surface area contributed by atoms with E-state index in [1.165, 1.54) is 19.2 Å². The molecule has 2 N–H and O–H groups in total. The third kappa shape index (κ3) is 4.77. The van der Waals surface area contributed by atoms with Gasteiger partial charge in [0.05, 0.1) is 18.4 Å². The van der Waals surface area contributed by atoms with E-state index in [-0.39, 0.29) is 17.4 Å². The topological polar surface area (TPSA) is 75.6 Å². The molecule has 0 spiro atoms. The molecule has 0 radical (unpaired) electrons. The number of carbonyl (C=O) groups is 2. The molecule has 0 saturated heterocycles. The summed E-state index contributed by atoms with van der Waals surface area (Å²) in [7, 11) is 1.49. The van der Waals surface area contributed by atoms with Crippen LogP contribution in [0.25, 0.3) is 0 Å². The molecule has 5 nitrogen and oxygen atoms in total. The highest BCUT2D eigenvalue weighted by Crippen LogP contribution is 2.27. The number of amides is 1. The van der Waals surface area contributed by atoms with Gasteiger partial charge < -0.3 is 15.2 Å². The number of carboxylic acid groups (broad SMARTS) is 1. The first-order chi connectivity index (χ1) is 10.0. The fourth-order valence-corrected chi connectivity index (χ4v) is 2.14. The summed E-state index contributed by atoms with van der Waals surface area (Å²) >= 11 is 0. The Hall–Kier alpha value is -2.04. The molecule has 0 fully saturated rings. The molecule has 1 atom stereocenters. The van der Waals surface area contributed by atoms with E-state index >= 15 is 0 Å². The van der Waals surface area contributed by atoms with Gasteiger partial charge in [-0.2, -0.15) is 0 Å². The number of benzene rings is 1. The lowest BCUT2D eigenvalue weighted by Gasteiger charge is -2.16. The van der Waals surface area contributed by atoms with E-state index in [2.05, 4.69) is 12.2 Å².